The monoisotopic (exact) mass is 163 g/mol. The molecular weight excluding hydrogens is 153 g/mol. The second kappa shape index (κ2) is 3.77. The number of nitrogens with one attached hydrogen (secondary N) is 1. The van der Waals surface area contributed by atoms with Crippen LogP contribution in [-0.4, -0.2) is 6.04 Å². The Hall–Kier alpha value is -1.49. The lowest BCUT2D eigenvalue weighted by molar-refractivity contribution is 0.629. The molecule has 1 nitrogen and oxygen atoms in total. The summed E-state index contributed by atoms with van der Waals surface area (Å²) in [6, 6.07) is 6.30. The van der Waals surface area contributed by atoms with Crippen LogP contribution in [0.15, 0.2) is 24.3 Å². The lowest BCUT2D eigenvalue weighted by atomic mass is 10.2. The fourth-order valence-electron chi connectivity index (χ4n) is 0.853. The number of hydrogen-bond donors (Lipinski definition) is 1. The van der Waals surface area contributed by atoms with Crippen LogP contribution >= 0.6 is 0 Å². The summed E-state index contributed by atoms with van der Waals surface area (Å²) in [5.41, 5.74) is 0.447. The van der Waals surface area contributed by atoms with Crippen LogP contribution in [0.3, 0.4) is 0 Å². The minimum Gasteiger partial charge on any atom is -0.369 e. The van der Waals surface area contributed by atoms with Gasteiger partial charge in [0.2, 0.25) is 0 Å². The summed E-state index contributed by atoms with van der Waals surface area (Å²) >= 11 is 0. The Bertz CT molecular complexity index is 301. The summed E-state index contributed by atoms with van der Waals surface area (Å²) in [5.74, 6) is 2.18. The molecule has 0 saturated heterocycles. The highest BCUT2D eigenvalue weighted by Gasteiger charge is 2.01. The van der Waals surface area contributed by atoms with Crippen molar-refractivity contribution in [2.45, 2.75) is 13.0 Å². The predicted octanol–water partition coefficient (Wildman–Crippen LogP) is 2.26. The third-order valence-corrected chi connectivity index (χ3v) is 1.50. The van der Waals surface area contributed by atoms with Crippen molar-refractivity contribution in [1.29, 1.82) is 0 Å². The number of benzene rings is 1. The van der Waals surface area contributed by atoms with E-state index in [1.54, 1.807) is 25.1 Å². The Balaban J connectivity index is 2.77. The van der Waals surface area contributed by atoms with E-state index >= 15 is 0 Å². The fourth-order valence-corrected chi connectivity index (χ4v) is 0.853. The van der Waals surface area contributed by atoms with E-state index in [0.29, 0.717) is 5.69 Å². The molecule has 0 aliphatic carbocycles. The lowest BCUT2D eigenvalue weighted by Gasteiger charge is -2.09. The average Bonchev–Trinajstić information content (AvgIpc) is 2.09. The summed E-state index contributed by atoms with van der Waals surface area (Å²) in [7, 11) is 0. The maximum atomic E-state index is 13.0. The number of anilines is 1. The smallest absolute Gasteiger partial charge is 0.146 e. The van der Waals surface area contributed by atoms with Gasteiger partial charge in [0.1, 0.15) is 5.82 Å². The van der Waals surface area contributed by atoms with Gasteiger partial charge in [-0.1, -0.05) is 18.1 Å². The molecule has 0 aliphatic rings. The van der Waals surface area contributed by atoms with Crippen molar-refractivity contribution in [3.63, 3.8) is 0 Å². The number of halogens is 1. The van der Waals surface area contributed by atoms with Gasteiger partial charge in [0.15, 0.2) is 0 Å². The summed E-state index contributed by atoms with van der Waals surface area (Å²) in [5, 5.41) is 2.85. The van der Waals surface area contributed by atoms with Crippen molar-refractivity contribution in [3.05, 3.63) is 30.1 Å². The highest BCUT2D eigenvalue weighted by Crippen LogP contribution is 2.12. The molecule has 12 heavy (non-hydrogen) atoms. The first-order chi connectivity index (χ1) is 5.74. The SMILES string of the molecule is C#CC(C)Nc1ccccc1F. The van der Waals surface area contributed by atoms with Gasteiger partial charge >= 0.3 is 0 Å². The van der Waals surface area contributed by atoms with E-state index in [9.17, 15) is 4.39 Å². The van der Waals surface area contributed by atoms with Crippen LogP contribution in [-0.2, 0) is 0 Å². The number of hydrogen-bond acceptors (Lipinski definition) is 1. The van der Waals surface area contributed by atoms with Crippen molar-refractivity contribution < 1.29 is 4.39 Å². The zero-order chi connectivity index (χ0) is 8.97. The molecule has 1 aromatic carbocycles. The number of rotatable bonds is 2. The molecule has 1 atom stereocenters. The quantitative estimate of drug-likeness (QED) is 0.659. The lowest BCUT2D eigenvalue weighted by Crippen LogP contribution is -2.12. The standard InChI is InChI=1S/C10H10FN/c1-3-8(2)12-10-7-5-4-6-9(10)11/h1,4-8,12H,2H3. The summed E-state index contributed by atoms with van der Waals surface area (Å²) in [6.07, 6.45) is 5.14. The molecule has 62 valence electrons. The third-order valence-electron chi connectivity index (χ3n) is 1.50. The van der Waals surface area contributed by atoms with Gasteiger partial charge in [-0.15, -0.1) is 6.42 Å². The Labute approximate surface area is 71.6 Å². The van der Waals surface area contributed by atoms with Gasteiger partial charge in [-0.25, -0.2) is 4.39 Å². The molecule has 0 fully saturated rings. The molecule has 1 rings (SSSR count). The van der Waals surface area contributed by atoms with Crippen LogP contribution < -0.4 is 5.32 Å². The van der Waals surface area contributed by atoms with Gasteiger partial charge in [-0.3, -0.25) is 0 Å². The summed E-state index contributed by atoms with van der Waals surface area (Å²) < 4.78 is 13.0. The molecule has 0 radical (unpaired) electrons. The molecule has 0 aromatic heterocycles. The molecule has 0 bridgehead atoms. The topological polar surface area (TPSA) is 12.0 Å². The highest BCUT2D eigenvalue weighted by atomic mass is 19.1. The van der Waals surface area contributed by atoms with E-state index < -0.39 is 0 Å². The maximum Gasteiger partial charge on any atom is 0.146 e. The molecule has 1 unspecified atom stereocenters. The minimum atomic E-state index is -0.278. The molecule has 0 spiro atoms. The first-order valence-corrected chi connectivity index (χ1v) is 3.71. The van der Waals surface area contributed by atoms with Gasteiger partial charge in [0.25, 0.3) is 0 Å². The van der Waals surface area contributed by atoms with E-state index in [-0.39, 0.29) is 11.9 Å². The van der Waals surface area contributed by atoms with Crippen LogP contribution in [0, 0.1) is 18.2 Å². The highest BCUT2D eigenvalue weighted by molar-refractivity contribution is 5.46. The first kappa shape index (κ1) is 8.61. The normalized spacial score (nSPS) is 11.8. The second-order valence-corrected chi connectivity index (χ2v) is 2.51. The van der Waals surface area contributed by atoms with Crippen LogP contribution in [0.1, 0.15) is 6.92 Å². The average molecular weight is 163 g/mol. The maximum absolute atomic E-state index is 13.0. The predicted molar refractivity (Wildman–Crippen MR) is 48.3 cm³/mol. The van der Waals surface area contributed by atoms with E-state index in [4.69, 9.17) is 6.42 Å². The van der Waals surface area contributed by atoms with Crippen molar-refractivity contribution >= 4 is 5.69 Å². The van der Waals surface area contributed by atoms with Gasteiger partial charge < -0.3 is 5.32 Å². The van der Waals surface area contributed by atoms with Gasteiger partial charge in [0, 0.05) is 0 Å². The molecule has 1 aromatic rings. The Morgan fingerprint density at radius 2 is 2.17 bits per heavy atom. The van der Waals surface area contributed by atoms with E-state index in [0.717, 1.165) is 0 Å². The van der Waals surface area contributed by atoms with E-state index in [1.807, 2.05) is 0 Å². The molecule has 1 N–H and O–H groups in total. The fraction of sp³-hybridized carbons (Fsp3) is 0.200. The molecule has 0 heterocycles. The molecule has 2 heteroatoms. The Morgan fingerprint density at radius 3 is 2.75 bits per heavy atom. The number of para-hydroxylation sites is 1. The van der Waals surface area contributed by atoms with Crippen LogP contribution in [0.2, 0.25) is 0 Å². The largest absolute Gasteiger partial charge is 0.369 e. The minimum absolute atomic E-state index is 0.151. The summed E-state index contributed by atoms with van der Waals surface area (Å²) in [4.78, 5) is 0. The third kappa shape index (κ3) is 2.00. The van der Waals surface area contributed by atoms with Gasteiger partial charge in [-0.05, 0) is 19.1 Å². The number of terminal acetylenes is 1. The van der Waals surface area contributed by atoms with Gasteiger partial charge in [-0.2, -0.15) is 0 Å². The zero-order valence-electron chi connectivity index (χ0n) is 6.84. The van der Waals surface area contributed by atoms with Crippen LogP contribution in [0.5, 0.6) is 0 Å². The van der Waals surface area contributed by atoms with Crippen molar-refractivity contribution in [2.24, 2.45) is 0 Å². The molecular formula is C10H10FN. The van der Waals surface area contributed by atoms with E-state index in [2.05, 4.69) is 11.2 Å². The second-order valence-electron chi connectivity index (χ2n) is 2.51. The van der Waals surface area contributed by atoms with Crippen molar-refractivity contribution in [2.75, 3.05) is 5.32 Å². The zero-order valence-corrected chi connectivity index (χ0v) is 6.84. The molecule has 0 amide bonds. The van der Waals surface area contributed by atoms with E-state index in [1.165, 1.54) is 6.07 Å². The molecule has 0 aliphatic heterocycles. The summed E-state index contributed by atoms with van der Waals surface area (Å²) in [6.45, 7) is 1.80. The van der Waals surface area contributed by atoms with Crippen molar-refractivity contribution in [1.82, 2.24) is 0 Å². The Kier molecular flexibility index (Phi) is 2.71. The Morgan fingerprint density at radius 1 is 1.50 bits per heavy atom. The molecule has 0 saturated carbocycles. The van der Waals surface area contributed by atoms with Gasteiger partial charge in [0.05, 0.1) is 11.7 Å². The van der Waals surface area contributed by atoms with Crippen LogP contribution in [0.4, 0.5) is 10.1 Å². The first-order valence-electron chi connectivity index (χ1n) is 3.71. The van der Waals surface area contributed by atoms with Crippen LogP contribution in [0.25, 0.3) is 0 Å². The van der Waals surface area contributed by atoms with Crippen molar-refractivity contribution in [3.8, 4) is 12.3 Å².